The first-order valence-corrected chi connectivity index (χ1v) is 11.2. The van der Waals surface area contributed by atoms with Crippen molar-refractivity contribution in [1.82, 2.24) is 19.7 Å². The summed E-state index contributed by atoms with van der Waals surface area (Å²) in [6.07, 6.45) is 4.05. The minimum Gasteiger partial charge on any atom is -0.369 e. The molecule has 1 aliphatic heterocycles. The first-order chi connectivity index (χ1) is 15.0. The van der Waals surface area contributed by atoms with Gasteiger partial charge in [-0.1, -0.05) is 0 Å². The lowest BCUT2D eigenvalue weighted by molar-refractivity contribution is 0.102. The third-order valence-corrected chi connectivity index (χ3v) is 6.31. The molecule has 2 fully saturated rings. The summed E-state index contributed by atoms with van der Waals surface area (Å²) in [6.45, 7) is 8.37. The Kier molecular flexibility index (Phi) is 5.14. The maximum atomic E-state index is 13.2. The SMILES string of the molecule is CC(C)n1ncc2c(C(=O)Nc3ccc(N4CCN(C)CC4)cc3)cc(C3CC3)nc21. The second-order valence-corrected chi connectivity index (χ2v) is 9.08. The summed E-state index contributed by atoms with van der Waals surface area (Å²) >= 11 is 0. The fourth-order valence-corrected chi connectivity index (χ4v) is 4.21. The summed E-state index contributed by atoms with van der Waals surface area (Å²) < 4.78 is 1.91. The first kappa shape index (κ1) is 20.0. The molecule has 31 heavy (non-hydrogen) atoms. The number of nitrogens with zero attached hydrogens (tertiary/aromatic N) is 5. The van der Waals surface area contributed by atoms with Gasteiger partial charge >= 0.3 is 0 Å². The number of pyridine rings is 1. The molecule has 1 saturated heterocycles. The predicted octanol–water partition coefficient (Wildman–Crippen LogP) is 3.89. The van der Waals surface area contributed by atoms with Gasteiger partial charge in [0.15, 0.2) is 5.65 Å². The Morgan fingerprint density at radius 3 is 2.45 bits per heavy atom. The molecular formula is C24H30N6O. The van der Waals surface area contributed by atoms with Crippen molar-refractivity contribution in [3.8, 4) is 0 Å². The number of rotatable bonds is 5. The van der Waals surface area contributed by atoms with Gasteiger partial charge in [0, 0.05) is 55.2 Å². The van der Waals surface area contributed by atoms with Gasteiger partial charge in [0.2, 0.25) is 0 Å². The lowest BCUT2D eigenvalue weighted by Gasteiger charge is -2.34. The number of amides is 1. The van der Waals surface area contributed by atoms with Gasteiger partial charge in [0.05, 0.1) is 17.1 Å². The van der Waals surface area contributed by atoms with Gasteiger partial charge in [0.1, 0.15) is 0 Å². The third kappa shape index (κ3) is 4.02. The van der Waals surface area contributed by atoms with Crippen LogP contribution in [0.4, 0.5) is 11.4 Å². The van der Waals surface area contributed by atoms with Crippen LogP contribution in [0.2, 0.25) is 0 Å². The minimum atomic E-state index is -0.107. The Morgan fingerprint density at radius 1 is 1.10 bits per heavy atom. The molecule has 0 radical (unpaired) electrons. The maximum Gasteiger partial charge on any atom is 0.256 e. The van der Waals surface area contributed by atoms with Crippen LogP contribution < -0.4 is 10.2 Å². The molecule has 1 saturated carbocycles. The van der Waals surface area contributed by atoms with Gasteiger partial charge in [0.25, 0.3) is 5.91 Å². The molecule has 162 valence electrons. The molecule has 1 aliphatic carbocycles. The van der Waals surface area contributed by atoms with Crippen molar-refractivity contribution in [2.24, 2.45) is 0 Å². The summed E-state index contributed by atoms with van der Waals surface area (Å²) in [7, 11) is 2.16. The highest BCUT2D eigenvalue weighted by atomic mass is 16.1. The van der Waals surface area contributed by atoms with Crippen molar-refractivity contribution in [1.29, 1.82) is 0 Å². The number of anilines is 2. The second-order valence-electron chi connectivity index (χ2n) is 9.08. The molecule has 5 rings (SSSR count). The number of aromatic nitrogens is 3. The summed E-state index contributed by atoms with van der Waals surface area (Å²) in [5.41, 5.74) is 4.46. The quantitative estimate of drug-likeness (QED) is 0.681. The summed E-state index contributed by atoms with van der Waals surface area (Å²) in [5.74, 6) is 0.360. The van der Waals surface area contributed by atoms with Gasteiger partial charge in [-0.05, 0) is 64.1 Å². The van der Waals surface area contributed by atoms with Crippen LogP contribution in [0.5, 0.6) is 0 Å². The molecule has 1 N–H and O–H groups in total. The highest BCUT2D eigenvalue weighted by Crippen LogP contribution is 2.40. The van der Waals surface area contributed by atoms with E-state index in [1.165, 1.54) is 5.69 Å². The molecule has 0 atom stereocenters. The maximum absolute atomic E-state index is 13.2. The number of piperazine rings is 1. The van der Waals surface area contributed by atoms with Crippen LogP contribution in [0.1, 0.15) is 54.7 Å². The lowest BCUT2D eigenvalue weighted by atomic mass is 10.1. The zero-order valence-electron chi connectivity index (χ0n) is 18.5. The number of benzene rings is 1. The van der Waals surface area contributed by atoms with Crippen LogP contribution in [-0.4, -0.2) is 58.8 Å². The van der Waals surface area contributed by atoms with E-state index >= 15 is 0 Å². The standard InChI is InChI=1S/C24H30N6O/c1-16(2)30-23-21(15-25-30)20(14-22(27-23)17-4-5-17)24(31)26-18-6-8-19(9-7-18)29-12-10-28(3)11-13-29/h6-9,14-17H,4-5,10-13H2,1-3H3,(H,26,31). The number of nitrogens with one attached hydrogen (secondary N) is 1. The van der Waals surface area contributed by atoms with E-state index in [4.69, 9.17) is 4.98 Å². The zero-order chi connectivity index (χ0) is 21.5. The molecule has 1 amide bonds. The Balaban J connectivity index is 1.39. The summed E-state index contributed by atoms with van der Waals surface area (Å²) in [4.78, 5) is 22.8. The number of hydrogen-bond donors (Lipinski definition) is 1. The van der Waals surface area contributed by atoms with E-state index in [-0.39, 0.29) is 11.9 Å². The molecule has 1 aromatic carbocycles. The fraction of sp³-hybridized carbons (Fsp3) is 0.458. The normalized spacial score (nSPS) is 17.5. The van der Waals surface area contributed by atoms with Gasteiger partial charge in [-0.15, -0.1) is 0 Å². The Hall–Kier alpha value is -2.93. The van der Waals surface area contributed by atoms with Crippen molar-refractivity contribution in [2.75, 3.05) is 43.4 Å². The van der Waals surface area contributed by atoms with Gasteiger partial charge in [-0.3, -0.25) is 4.79 Å². The smallest absolute Gasteiger partial charge is 0.256 e. The first-order valence-electron chi connectivity index (χ1n) is 11.2. The average molecular weight is 419 g/mol. The minimum absolute atomic E-state index is 0.107. The third-order valence-electron chi connectivity index (χ3n) is 6.31. The van der Waals surface area contributed by atoms with E-state index < -0.39 is 0 Å². The zero-order valence-corrected chi connectivity index (χ0v) is 18.5. The van der Waals surface area contributed by atoms with E-state index in [2.05, 4.69) is 53.2 Å². The van der Waals surface area contributed by atoms with Crippen LogP contribution in [0.3, 0.4) is 0 Å². The Bertz CT molecular complexity index is 1090. The van der Waals surface area contributed by atoms with Gasteiger partial charge < -0.3 is 15.1 Å². The number of hydrogen-bond acceptors (Lipinski definition) is 5. The summed E-state index contributed by atoms with van der Waals surface area (Å²) in [6, 6.07) is 10.3. The van der Waals surface area contributed by atoms with Gasteiger partial charge in [-0.2, -0.15) is 5.10 Å². The van der Waals surface area contributed by atoms with Crippen LogP contribution in [0.25, 0.3) is 11.0 Å². The van der Waals surface area contributed by atoms with E-state index in [9.17, 15) is 4.79 Å². The van der Waals surface area contributed by atoms with Crippen molar-refractivity contribution >= 4 is 28.3 Å². The Labute approximate surface area is 183 Å². The van der Waals surface area contributed by atoms with Crippen molar-refractivity contribution in [3.63, 3.8) is 0 Å². The number of likely N-dealkylation sites (N-methyl/N-ethyl adjacent to an activating group) is 1. The highest BCUT2D eigenvalue weighted by molar-refractivity contribution is 6.12. The molecule has 0 bridgehead atoms. The largest absolute Gasteiger partial charge is 0.369 e. The van der Waals surface area contributed by atoms with Crippen molar-refractivity contribution in [3.05, 3.63) is 47.8 Å². The van der Waals surface area contributed by atoms with Crippen LogP contribution in [-0.2, 0) is 0 Å². The molecule has 2 aliphatic rings. The topological polar surface area (TPSA) is 66.3 Å². The molecule has 7 nitrogen and oxygen atoms in total. The van der Waals surface area contributed by atoms with Crippen LogP contribution in [0.15, 0.2) is 36.5 Å². The number of carbonyl (C=O) groups is 1. The van der Waals surface area contributed by atoms with E-state index in [1.54, 1.807) is 6.20 Å². The summed E-state index contributed by atoms with van der Waals surface area (Å²) in [5, 5.41) is 8.39. The molecule has 0 unspecified atom stereocenters. The van der Waals surface area contributed by atoms with E-state index in [0.717, 1.165) is 61.4 Å². The molecule has 3 heterocycles. The van der Waals surface area contributed by atoms with Gasteiger partial charge in [-0.25, -0.2) is 9.67 Å². The number of fused-ring (bicyclic) bond motifs is 1. The molecule has 3 aromatic rings. The van der Waals surface area contributed by atoms with Crippen molar-refractivity contribution < 1.29 is 4.79 Å². The number of carbonyl (C=O) groups excluding carboxylic acids is 1. The van der Waals surface area contributed by atoms with Crippen molar-refractivity contribution in [2.45, 2.75) is 38.6 Å². The molecule has 7 heteroatoms. The van der Waals surface area contributed by atoms with Crippen LogP contribution in [0, 0.1) is 0 Å². The fourth-order valence-electron chi connectivity index (χ4n) is 4.21. The highest BCUT2D eigenvalue weighted by Gasteiger charge is 2.28. The predicted molar refractivity (Wildman–Crippen MR) is 124 cm³/mol. The van der Waals surface area contributed by atoms with E-state index in [0.29, 0.717) is 11.5 Å². The lowest BCUT2D eigenvalue weighted by Crippen LogP contribution is -2.44. The molecule has 0 spiro atoms. The second kappa shape index (κ2) is 7.96. The van der Waals surface area contributed by atoms with E-state index in [1.807, 2.05) is 22.9 Å². The monoisotopic (exact) mass is 418 g/mol. The molecular weight excluding hydrogens is 388 g/mol. The average Bonchev–Trinajstić information content (AvgIpc) is 3.53. The van der Waals surface area contributed by atoms with Crippen LogP contribution >= 0.6 is 0 Å². The molecule has 2 aromatic heterocycles. The Morgan fingerprint density at radius 2 is 1.81 bits per heavy atom.